The molecule has 0 spiro atoms. The van der Waals surface area contributed by atoms with E-state index in [1.807, 2.05) is 55.6 Å². The Bertz CT molecular complexity index is 714. The second-order valence-electron chi connectivity index (χ2n) is 5.71. The van der Waals surface area contributed by atoms with Crippen LogP contribution in [0.2, 0.25) is 0 Å². The predicted molar refractivity (Wildman–Crippen MR) is 100 cm³/mol. The lowest BCUT2D eigenvalue weighted by Gasteiger charge is -2.17. The molecule has 4 nitrogen and oxygen atoms in total. The van der Waals surface area contributed by atoms with Crippen LogP contribution in [-0.2, 0) is 10.5 Å². The largest absolute Gasteiger partial charge is 0.332 e. The lowest BCUT2D eigenvalue weighted by atomic mass is 10.1. The van der Waals surface area contributed by atoms with Crippen LogP contribution in [0.3, 0.4) is 0 Å². The first kappa shape index (κ1) is 18.1. The third-order valence-corrected chi connectivity index (χ3v) is 4.17. The van der Waals surface area contributed by atoms with E-state index in [1.54, 1.807) is 24.9 Å². The van der Waals surface area contributed by atoms with Gasteiger partial charge >= 0.3 is 0 Å². The molecule has 0 heterocycles. The molecule has 0 aliphatic heterocycles. The molecule has 126 valence electrons. The van der Waals surface area contributed by atoms with E-state index in [0.717, 1.165) is 22.6 Å². The molecule has 0 saturated carbocycles. The zero-order chi connectivity index (χ0) is 17.5. The van der Waals surface area contributed by atoms with Gasteiger partial charge in [0.2, 0.25) is 5.91 Å². The second kappa shape index (κ2) is 8.55. The van der Waals surface area contributed by atoms with E-state index in [0.29, 0.717) is 5.56 Å². The van der Waals surface area contributed by atoms with Gasteiger partial charge in [0.1, 0.15) is 0 Å². The third kappa shape index (κ3) is 5.13. The molecule has 0 atom stereocenters. The van der Waals surface area contributed by atoms with Crippen LogP contribution in [0.15, 0.2) is 48.5 Å². The zero-order valence-electron chi connectivity index (χ0n) is 14.2. The number of rotatable bonds is 6. The van der Waals surface area contributed by atoms with E-state index in [9.17, 15) is 9.59 Å². The molecule has 0 aromatic heterocycles. The number of carbonyl (C=O) groups is 2. The highest BCUT2D eigenvalue weighted by Crippen LogP contribution is 2.13. The van der Waals surface area contributed by atoms with E-state index in [1.165, 1.54) is 4.90 Å². The van der Waals surface area contributed by atoms with Gasteiger partial charge in [-0.1, -0.05) is 29.8 Å². The molecule has 2 rings (SSSR count). The predicted octanol–water partition coefficient (Wildman–Crippen LogP) is 3.57. The van der Waals surface area contributed by atoms with Crippen molar-refractivity contribution in [3.8, 4) is 0 Å². The number of hydrogen-bond donors (Lipinski definition) is 1. The summed E-state index contributed by atoms with van der Waals surface area (Å²) in [6.07, 6.45) is 2.02. The third-order valence-electron chi connectivity index (χ3n) is 3.55. The Labute approximate surface area is 147 Å². The number of benzene rings is 2. The smallest absolute Gasteiger partial charge is 0.254 e. The summed E-state index contributed by atoms with van der Waals surface area (Å²) in [6, 6.07) is 15.1. The molecule has 0 aliphatic rings. The summed E-state index contributed by atoms with van der Waals surface area (Å²) in [5.74, 6) is 0.491. The van der Waals surface area contributed by atoms with Gasteiger partial charge in [-0.05, 0) is 43.0 Å². The van der Waals surface area contributed by atoms with Crippen LogP contribution in [0.1, 0.15) is 21.5 Å². The number of hydrogen-bond acceptors (Lipinski definition) is 3. The SMILES string of the molecule is CSCc1cccc(C(=O)N(C)CC(=O)Nc2ccc(C)cc2)c1. The quantitative estimate of drug-likeness (QED) is 0.873. The van der Waals surface area contributed by atoms with Gasteiger partial charge in [0.05, 0.1) is 6.54 Å². The summed E-state index contributed by atoms with van der Waals surface area (Å²) < 4.78 is 0. The highest BCUT2D eigenvalue weighted by atomic mass is 32.2. The van der Waals surface area contributed by atoms with Crippen molar-refractivity contribution >= 4 is 29.3 Å². The monoisotopic (exact) mass is 342 g/mol. The summed E-state index contributed by atoms with van der Waals surface area (Å²) in [5, 5.41) is 2.80. The van der Waals surface area contributed by atoms with E-state index >= 15 is 0 Å². The number of nitrogens with zero attached hydrogens (tertiary/aromatic N) is 1. The van der Waals surface area contributed by atoms with Crippen LogP contribution in [0, 0.1) is 6.92 Å². The van der Waals surface area contributed by atoms with Crippen molar-refractivity contribution in [1.82, 2.24) is 4.90 Å². The van der Waals surface area contributed by atoms with Crippen LogP contribution >= 0.6 is 11.8 Å². The summed E-state index contributed by atoms with van der Waals surface area (Å²) in [5.41, 5.74) is 3.57. The number of aryl methyl sites for hydroxylation is 1. The minimum absolute atomic E-state index is 0.0134. The molecular formula is C19H22N2O2S. The standard InChI is InChI=1S/C19H22N2O2S/c1-14-7-9-17(10-8-14)20-18(22)12-21(2)19(23)16-6-4-5-15(11-16)13-24-3/h4-11H,12-13H2,1-3H3,(H,20,22). The second-order valence-corrected chi connectivity index (χ2v) is 6.57. The molecule has 0 fully saturated rings. The van der Waals surface area contributed by atoms with E-state index < -0.39 is 0 Å². The van der Waals surface area contributed by atoms with Crippen LogP contribution < -0.4 is 5.32 Å². The van der Waals surface area contributed by atoms with Crippen LogP contribution in [0.4, 0.5) is 5.69 Å². The highest BCUT2D eigenvalue weighted by molar-refractivity contribution is 7.97. The lowest BCUT2D eigenvalue weighted by Crippen LogP contribution is -2.34. The lowest BCUT2D eigenvalue weighted by molar-refractivity contribution is -0.116. The van der Waals surface area contributed by atoms with E-state index in [-0.39, 0.29) is 18.4 Å². The van der Waals surface area contributed by atoms with Gasteiger partial charge in [0.25, 0.3) is 5.91 Å². The van der Waals surface area contributed by atoms with Crippen molar-refractivity contribution in [2.45, 2.75) is 12.7 Å². The van der Waals surface area contributed by atoms with Crippen molar-refractivity contribution in [2.24, 2.45) is 0 Å². The molecule has 2 aromatic rings. The molecule has 2 amide bonds. The first-order valence-corrected chi connectivity index (χ1v) is 9.09. The van der Waals surface area contributed by atoms with Crippen LogP contribution in [0.5, 0.6) is 0 Å². The molecule has 0 saturated heterocycles. The summed E-state index contributed by atoms with van der Waals surface area (Å²) in [4.78, 5) is 26.0. The van der Waals surface area contributed by atoms with Gasteiger partial charge in [-0.25, -0.2) is 0 Å². The molecule has 2 aromatic carbocycles. The molecule has 0 unspecified atom stereocenters. The van der Waals surface area contributed by atoms with Gasteiger partial charge < -0.3 is 10.2 Å². The molecule has 1 N–H and O–H groups in total. The van der Waals surface area contributed by atoms with Crippen molar-refractivity contribution in [3.05, 3.63) is 65.2 Å². The molecule has 0 aliphatic carbocycles. The maximum absolute atomic E-state index is 12.5. The van der Waals surface area contributed by atoms with Gasteiger partial charge in [-0.15, -0.1) is 0 Å². The van der Waals surface area contributed by atoms with Gasteiger partial charge in [0, 0.05) is 24.1 Å². The Kier molecular flexibility index (Phi) is 6.44. The molecule has 5 heteroatoms. The van der Waals surface area contributed by atoms with Gasteiger partial charge in [0.15, 0.2) is 0 Å². The summed E-state index contributed by atoms with van der Waals surface area (Å²) in [6.45, 7) is 2.00. The fourth-order valence-electron chi connectivity index (χ4n) is 2.31. The van der Waals surface area contributed by atoms with Crippen molar-refractivity contribution in [2.75, 3.05) is 25.2 Å². The number of carbonyl (C=O) groups excluding carboxylic acids is 2. The molecule has 0 radical (unpaired) electrons. The maximum Gasteiger partial charge on any atom is 0.254 e. The number of likely N-dealkylation sites (N-methyl/N-ethyl adjacent to an activating group) is 1. The fraction of sp³-hybridized carbons (Fsp3) is 0.263. The van der Waals surface area contributed by atoms with Crippen molar-refractivity contribution < 1.29 is 9.59 Å². The first-order chi connectivity index (χ1) is 11.5. The number of thioether (sulfide) groups is 1. The fourth-order valence-corrected chi connectivity index (χ4v) is 2.82. The normalized spacial score (nSPS) is 10.3. The van der Waals surface area contributed by atoms with Crippen LogP contribution in [-0.4, -0.2) is 36.6 Å². The van der Waals surface area contributed by atoms with Crippen molar-refractivity contribution in [3.63, 3.8) is 0 Å². The van der Waals surface area contributed by atoms with E-state index in [2.05, 4.69) is 5.32 Å². The Balaban J connectivity index is 1.96. The zero-order valence-corrected chi connectivity index (χ0v) is 15.0. The van der Waals surface area contributed by atoms with Crippen LogP contribution in [0.25, 0.3) is 0 Å². The summed E-state index contributed by atoms with van der Waals surface area (Å²) in [7, 11) is 1.64. The minimum atomic E-state index is -0.213. The number of amides is 2. The average molecular weight is 342 g/mol. The average Bonchev–Trinajstić information content (AvgIpc) is 2.56. The minimum Gasteiger partial charge on any atom is -0.332 e. The molecule has 24 heavy (non-hydrogen) atoms. The Morgan fingerprint density at radius 3 is 2.50 bits per heavy atom. The summed E-state index contributed by atoms with van der Waals surface area (Å²) >= 11 is 1.71. The molecular weight excluding hydrogens is 320 g/mol. The Hall–Kier alpha value is -2.27. The van der Waals surface area contributed by atoms with Crippen molar-refractivity contribution in [1.29, 1.82) is 0 Å². The Morgan fingerprint density at radius 1 is 1.12 bits per heavy atom. The van der Waals surface area contributed by atoms with Gasteiger partial charge in [-0.2, -0.15) is 11.8 Å². The topological polar surface area (TPSA) is 49.4 Å². The first-order valence-electron chi connectivity index (χ1n) is 7.69. The highest BCUT2D eigenvalue weighted by Gasteiger charge is 2.15. The van der Waals surface area contributed by atoms with Gasteiger partial charge in [-0.3, -0.25) is 9.59 Å². The maximum atomic E-state index is 12.5. The Morgan fingerprint density at radius 2 is 1.83 bits per heavy atom. The van der Waals surface area contributed by atoms with E-state index in [4.69, 9.17) is 0 Å². The number of nitrogens with one attached hydrogen (secondary N) is 1. The molecule has 0 bridgehead atoms. The number of anilines is 1.